The van der Waals surface area contributed by atoms with Crippen LogP contribution in [0.4, 0.5) is 11.5 Å². The van der Waals surface area contributed by atoms with Crippen molar-refractivity contribution in [3.63, 3.8) is 0 Å². The van der Waals surface area contributed by atoms with Crippen molar-refractivity contribution in [1.29, 1.82) is 0 Å². The van der Waals surface area contributed by atoms with Crippen molar-refractivity contribution in [2.24, 2.45) is 5.92 Å². The van der Waals surface area contributed by atoms with Crippen LogP contribution < -0.4 is 16.2 Å². The van der Waals surface area contributed by atoms with Crippen LogP contribution in [0.25, 0.3) is 28.2 Å². The van der Waals surface area contributed by atoms with Crippen molar-refractivity contribution in [1.82, 2.24) is 24.8 Å². The maximum absolute atomic E-state index is 5.99. The van der Waals surface area contributed by atoms with Gasteiger partial charge < -0.3 is 16.2 Å². The van der Waals surface area contributed by atoms with Crippen molar-refractivity contribution >= 4 is 22.5 Å². The third-order valence-electron chi connectivity index (χ3n) is 5.16. The Bertz CT molecular complexity index is 1420. The van der Waals surface area contributed by atoms with E-state index >= 15 is 0 Å². The van der Waals surface area contributed by atoms with E-state index < -0.39 is 0 Å². The van der Waals surface area contributed by atoms with Crippen molar-refractivity contribution in [2.75, 3.05) is 11.5 Å². The largest absolute Gasteiger partial charge is 0.439 e. The maximum atomic E-state index is 5.99. The molecule has 5 rings (SSSR count). The van der Waals surface area contributed by atoms with E-state index in [0.717, 1.165) is 17.6 Å². The number of pyridine rings is 1. The normalized spacial score (nSPS) is 11.4. The zero-order valence-electron chi connectivity index (χ0n) is 18.3. The summed E-state index contributed by atoms with van der Waals surface area (Å²) < 4.78 is 12.7. The van der Waals surface area contributed by atoms with Crippen molar-refractivity contribution in [3.05, 3.63) is 66.4 Å². The van der Waals surface area contributed by atoms with Gasteiger partial charge in [-0.2, -0.15) is 0 Å². The molecule has 0 aliphatic carbocycles. The number of aromatic nitrogens is 5. The smallest absolute Gasteiger partial charge is 0.221 e. The van der Waals surface area contributed by atoms with Gasteiger partial charge in [-0.1, -0.05) is 32.0 Å². The molecule has 0 spiro atoms. The van der Waals surface area contributed by atoms with Gasteiger partial charge in [0, 0.05) is 23.5 Å². The Kier molecular flexibility index (Phi) is 5.14. The van der Waals surface area contributed by atoms with Crippen molar-refractivity contribution in [2.45, 2.75) is 20.3 Å². The second-order valence-electron chi connectivity index (χ2n) is 8.22. The molecule has 0 bridgehead atoms. The molecule has 3 heterocycles. The molecule has 3 aromatic heterocycles. The summed E-state index contributed by atoms with van der Waals surface area (Å²) in [6.45, 7) is 4.40. The first kappa shape index (κ1) is 20.5. The molecule has 2 aromatic carbocycles. The summed E-state index contributed by atoms with van der Waals surface area (Å²) >= 11 is 0. The van der Waals surface area contributed by atoms with Crippen LogP contribution in [0.5, 0.6) is 11.6 Å². The quantitative estimate of drug-likeness (QED) is 0.365. The van der Waals surface area contributed by atoms with Crippen LogP contribution >= 0.6 is 0 Å². The van der Waals surface area contributed by atoms with Crippen molar-refractivity contribution < 1.29 is 9.37 Å². The van der Waals surface area contributed by atoms with Gasteiger partial charge in [0.2, 0.25) is 5.88 Å². The Labute approximate surface area is 190 Å². The Morgan fingerprint density at radius 1 is 1.03 bits per heavy atom. The number of anilines is 2. The number of hydrogen-bond donors (Lipinski definition) is 2. The molecule has 9 heteroatoms. The summed E-state index contributed by atoms with van der Waals surface area (Å²) in [4.78, 5) is 9.11. The fraction of sp³-hybridized carbons (Fsp3) is 0.167. The first-order chi connectivity index (χ1) is 16.0. The van der Waals surface area contributed by atoms with E-state index in [1.54, 1.807) is 18.3 Å². The fourth-order valence-electron chi connectivity index (χ4n) is 3.74. The summed E-state index contributed by atoms with van der Waals surface area (Å²) in [7, 11) is 0. The number of fused-ring (bicyclic) bond motifs is 1. The SMILES string of the molecule is CC(C)Cc1ccc(-n2c(-c3nonc3N)nc3cnc(Oc4cccc(N)c4)cc32)cc1. The molecule has 0 aliphatic heterocycles. The van der Waals surface area contributed by atoms with Gasteiger partial charge in [-0.25, -0.2) is 14.6 Å². The van der Waals surface area contributed by atoms with E-state index in [0.29, 0.717) is 40.3 Å². The standard InChI is InChI=1S/C24H23N7O2/c1-14(2)10-15-6-8-17(9-7-15)31-20-12-21(32-18-5-3-4-16(25)11-18)27-13-19(20)28-24(31)22-23(26)30-33-29-22/h3-9,11-14H,10,25H2,1-2H3,(H2,26,30). The van der Waals surface area contributed by atoms with E-state index in [4.69, 9.17) is 25.8 Å². The minimum Gasteiger partial charge on any atom is -0.439 e. The number of ether oxygens (including phenoxy) is 1. The number of rotatable bonds is 6. The lowest BCUT2D eigenvalue weighted by Gasteiger charge is -2.11. The monoisotopic (exact) mass is 441 g/mol. The predicted molar refractivity (Wildman–Crippen MR) is 126 cm³/mol. The van der Waals surface area contributed by atoms with Gasteiger partial charge in [0.05, 0.1) is 11.7 Å². The average molecular weight is 441 g/mol. The molecule has 5 aromatic rings. The van der Waals surface area contributed by atoms with Crippen LogP contribution in [0, 0.1) is 5.92 Å². The highest BCUT2D eigenvalue weighted by Gasteiger charge is 2.21. The number of benzene rings is 2. The number of hydrogen-bond acceptors (Lipinski definition) is 8. The molecule has 0 amide bonds. The highest BCUT2D eigenvalue weighted by molar-refractivity contribution is 5.84. The average Bonchev–Trinajstić information content (AvgIpc) is 3.37. The second-order valence-corrected chi connectivity index (χ2v) is 8.22. The third kappa shape index (κ3) is 4.08. The lowest BCUT2D eigenvalue weighted by Crippen LogP contribution is -2.01. The zero-order chi connectivity index (χ0) is 22.9. The summed E-state index contributed by atoms with van der Waals surface area (Å²) in [5.74, 6) is 2.23. The molecule has 166 valence electrons. The van der Waals surface area contributed by atoms with Gasteiger partial charge in [0.25, 0.3) is 0 Å². The summed E-state index contributed by atoms with van der Waals surface area (Å²) in [6, 6.07) is 17.3. The molecule has 0 fully saturated rings. The summed E-state index contributed by atoms with van der Waals surface area (Å²) in [6.07, 6.45) is 2.65. The number of imidazole rings is 1. The van der Waals surface area contributed by atoms with E-state index in [-0.39, 0.29) is 5.82 Å². The molecule has 0 saturated heterocycles. The molecule has 0 radical (unpaired) electrons. The van der Waals surface area contributed by atoms with E-state index in [2.05, 4.69) is 41.3 Å². The minimum atomic E-state index is 0.159. The molecular formula is C24H23N7O2. The first-order valence-corrected chi connectivity index (χ1v) is 10.6. The Balaban J connectivity index is 1.64. The predicted octanol–water partition coefficient (Wildman–Crippen LogP) is 4.63. The minimum absolute atomic E-state index is 0.159. The molecule has 9 nitrogen and oxygen atoms in total. The number of nitrogens with zero attached hydrogens (tertiary/aromatic N) is 5. The molecule has 0 atom stereocenters. The summed E-state index contributed by atoms with van der Waals surface area (Å²) in [5.41, 5.74) is 16.4. The zero-order valence-corrected chi connectivity index (χ0v) is 18.3. The number of nitrogen functional groups attached to an aromatic ring is 2. The van der Waals surface area contributed by atoms with Gasteiger partial charge in [-0.3, -0.25) is 4.57 Å². The van der Waals surface area contributed by atoms with Gasteiger partial charge >= 0.3 is 0 Å². The lowest BCUT2D eigenvalue weighted by molar-refractivity contribution is 0.310. The molecule has 0 unspecified atom stereocenters. The van der Waals surface area contributed by atoms with Gasteiger partial charge in [-0.15, -0.1) is 0 Å². The van der Waals surface area contributed by atoms with Crippen LogP contribution in [0.3, 0.4) is 0 Å². The van der Waals surface area contributed by atoms with Crippen LogP contribution in [0.15, 0.2) is 65.4 Å². The molecule has 0 aliphatic rings. The van der Waals surface area contributed by atoms with Crippen LogP contribution in [0.1, 0.15) is 19.4 Å². The number of nitrogens with two attached hydrogens (primary N) is 2. The Morgan fingerprint density at radius 2 is 1.85 bits per heavy atom. The van der Waals surface area contributed by atoms with Crippen LogP contribution in [0.2, 0.25) is 0 Å². The topological polar surface area (TPSA) is 131 Å². The van der Waals surface area contributed by atoms with Crippen LogP contribution in [-0.2, 0) is 6.42 Å². The highest BCUT2D eigenvalue weighted by Crippen LogP contribution is 2.32. The van der Waals surface area contributed by atoms with Gasteiger partial charge in [-0.05, 0) is 52.5 Å². The van der Waals surface area contributed by atoms with Gasteiger partial charge in [0.1, 0.15) is 11.3 Å². The molecular weight excluding hydrogens is 418 g/mol. The fourth-order valence-corrected chi connectivity index (χ4v) is 3.74. The first-order valence-electron chi connectivity index (χ1n) is 10.6. The van der Waals surface area contributed by atoms with E-state index in [9.17, 15) is 0 Å². The van der Waals surface area contributed by atoms with Crippen LogP contribution in [-0.4, -0.2) is 24.8 Å². The van der Waals surface area contributed by atoms with Gasteiger partial charge in [0.15, 0.2) is 17.3 Å². The Morgan fingerprint density at radius 3 is 2.55 bits per heavy atom. The Hall–Kier alpha value is -4.40. The molecule has 4 N–H and O–H groups in total. The van der Waals surface area contributed by atoms with E-state index in [1.165, 1.54) is 5.56 Å². The third-order valence-corrected chi connectivity index (χ3v) is 5.16. The highest BCUT2D eigenvalue weighted by atomic mass is 16.6. The van der Waals surface area contributed by atoms with Crippen molar-refractivity contribution in [3.8, 4) is 28.8 Å². The van der Waals surface area contributed by atoms with E-state index in [1.807, 2.05) is 34.9 Å². The lowest BCUT2D eigenvalue weighted by atomic mass is 10.0. The molecule has 0 saturated carbocycles. The maximum Gasteiger partial charge on any atom is 0.221 e. The summed E-state index contributed by atoms with van der Waals surface area (Å²) in [5, 5.41) is 7.68. The molecule has 33 heavy (non-hydrogen) atoms. The second kappa shape index (κ2) is 8.27.